The molecule has 0 heterocycles. The monoisotopic (exact) mass is 313 g/mol. The SMILES string of the molecule is CN(C(=O)CCc1cccc(Br)c1)C(C)(C)CO. The fourth-order valence-corrected chi connectivity index (χ4v) is 2.00. The van der Waals surface area contributed by atoms with Crippen LogP contribution >= 0.6 is 15.9 Å². The molecule has 0 spiro atoms. The van der Waals surface area contributed by atoms with E-state index in [1.807, 2.05) is 38.1 Å². The molecule has 1 aromatic rings. The molecule has 1 N–H and O–H groups in total. The normalized spacial score (nSPS) is 11.4. The van der Waals surface area contributed by atoms with Gasteiger partial charge in [-0.2, -0.15) is 0 Å². The summed E-state index contributed by atoms with van der Waals surface area (Å²) < 4.78 is 1.02. The average Bonchev–Trinajstić information content (AvgIpc) is 2.35. The number of carbonyl (C=O) groups is 1. The lowest BCUT2D eigenvalue weighted by Gasteiger charge is -2.34. The van der Waals surface area contributed by atoms with Gasteiger partial charge < -0.3 is 10.0 Å². The second-order valence-corrected chi connectivity index (χ2v) is 5.97. The number of hydrogen-bond acceptors (Lipinski definition) is 2. The fraction of sp³-hybridized carbons (Fsp3) is 0.500. The summed E-state index contributed by atoms with van der Waals surface area (Å²) in [7, 11) is 1.74. The van der Waals surface area contributed by atoms with Crippen molar-refractivity contribution in [3.63, 3.8) is 0 Å². The summed E-state index contributed by atoms with van der Waals surface area (Å²) in [5, 5.41) is 9.23. The van der Waals surface area contributed by atoms with E-state index in [9.17, 15) is 9.90 Å². The molecule has 0 saturated heterocycles. The van der Waals surface area contributed by atoms with Crippen LogP contribution in [0.2, 0.25) is 0 Å². The highest BCUT2D eigenvalue weighted by Gasteiger charge is 2.26. The molecule has 4 heteroatoms. The average molecular weight is 314 g/mol. The van der Waals surface area contributed by atoms with Crippen LogP contribution in [0.3, 0.4) is 0 Å². The standard InChI is InChI=1S/C14H20BrNO2/c1-14(2,10-17)16(3)13(18)8-7-11-5-4-6-12(15)9-11/h4-6,9,17H,7-8,10H2,1-3H3. The van der Waals surface area contributed by atoms with E-state index in [0.717, 1.165) is 10.0 Å². The van der Waals surface area contributed by atoms with E-state index >= 15 is 0 Å². The van der Waals surface area contributed by atoms with Crippen LogP contribution in [0.1, 0.15) is 25.8 Å². The van der Waals surface area contributed by atoms with E-state index in [1.54, 1.807) is 11.9 Å². The number of nitrogens with zero attached hydrogens (tertiary/aromatic N) is 1. The number of hydrogen-bond donors (Lipinski definition) is 1. The molecule has 1 amide bonds. The maximum absolute atomic E-state index is 12.0. The molecule has 0 bridgehead atoms. The molecule has 0 fully saturated rings. The molecule has 0 saturated carbocycles. The van der Waals surface area contributed by atoms with Crippen molar-refractivity contribution in [2.75, 3.05) is 13.7 Å². The number of aryl methyl sites for hydroxylation is 1. The Kier molecular flexibility index (Phi) is 5.35. The van der Waals surface area contributed by atoms with Gasteiger partial charge in [0, 0.05) is 17.9 Å². The number of benzene rings is 1. The van der Waals surface area contributed by atoms with Crippen molar-refractivity contribution >= 4 is 21.8 Å². The lowest BCUT2D eigenvalue weighted by atomic mass is 10.0. The van der Waals surface area contributed by atoms with Gasteiger partial charge in [-0.1, -0.05) is 28.1 Å². The molecule has 0 aromatic heterocycles. The molecule has 0 aliphatic heterocycles. The number of carbonyl (C=O) groups excluding carboxylic acids is 1. The maximum atomic E-state index is 12.0. The van der Waals surface area contributed by atoms with Gasteiger partial charge in [0.1, 0.15) is 0 Å². The molecule has 0 atom stereocenters. The van der Waals surface area contributed by atoms with E-state index in [2.05, 4.69) is 15.9 Å². The van der Waals surface area contributed by atoms with Crippen LogP contribution in [0, 0.1) is 0 Å². The first-order chi connectivity index (χ1) is 8.36. The van der Waals surface area contributed by atoms with Crippen LogP contribution in [-0.4, -0.2) is 35.1 Å². The maximum Gasteiger partial charge on any atom is 0.223 e. The Hall–Kier alpha value is -0.870. The van der Waals surface area contributed by atoms with Crippen molar-refractivity contribution in [3.8, 4) is 0 Å². The fourth-order valence-electron chi connectivity index (χ4n) is 1.56. The minimum Gasteiger partial charge on any atom is -0.394 e. The van der Waals surface area contributed by atoms with E-state index in [1.165, 1.54) is 0 Å². The van der Waals surface area contributed by atoms with Crippen LogP contribution in [0.5, 0.6) is 0 Å². The van der Waals surface area contributed by atoms with Crippen LogP contribution in [-0.2, 0) is 11.2 Å². The van der Waals surface area contributed by atoms with E-state index in [0.29, 0.717) is 12.8 Å². The second kappa shape index (κ2) is 6.34. The zero-order chi connectivity index (χ0) is 13.8. The molecular formula is C14H20BrNO2. The van der Waals surface area contributed by atoms with Crippen LogP contribution < -0.4 is 0 Å². The van der Waals surface area contributed by atoms with Gasteiger partial charge in [-0.3, -0.25) is 4.79 Å². The number of rotatable bonds is 5. The highest BCUT2D eigenvalue weighted by Crippen LogP contribution is 2.16. The lowest BCUT2D eigenvalue weighted by Crippen LogP contribution is -2.47. The zero-order valence-corrected chi connectivity index (χ0v) is 12.7. The Bertz CT molecular complexity index is 418. The lowest BCUT2D eigenvalue weighted by molar-refractivity contribution is -0.135. The Morgan fingerprint density at radius 3 is 2.67 bits per heavy atom. The number of halogens is 1. The van der Waals surface area contributed by atoms with Gasteiger partial charge in [0.25, 0.3) is 0 Å². The van der Waals surface area contributed by atoms with Gasteiger partial charge in [-0.25, -0.2) is 0 Å². The van der Waals surface area contributed by atoms with Crippen LogP contribution in [0.25, 0.3) is 0 Å². The Labute approximate surface area is 117 Å². The van der Waals surface area contributed by atoms with Gasteiger partial charge in [0.15, 0.2) is 0 Å². The first-order valence-corrected chi connectivity index (χ1v) is 6.78. The Morgan fingerprint density at radius 2 is 2.11 bits per heavy atom. The van der Waals surface area contributed by atoms with Crippen molar-refractivity contribution in [2.24, 2.45) is 0 Å². The molecule has 1 aromatic carbocycles. The molecule has 0 aliphatic carbocycles. The summed E-state index contributed by atoms with van der Waals surface area (Å²) in [6.45, 7) is 3.67. The Morgan fingerprint density at radius 1 is 1.44 bits per heavy atom. The van der Waals surface area contributed by atoms with Gasteiger partial charge in [-0.15, -0.1) is 0 Å². The minimum absolute atomic E-state index is 0.0356. The quantitative estimate of drug-likeness (QED) is 0.907. The van der Waals surface area contributed by atoms with Gasteiger partial charge in [0.2, 0.25) is 5.91 Å². The smallest absolute Gasteiger partial charge is 0.223 e. The third-order valence-electron chi connectivity index (χ3n) is 3.19. The van der Waals surface area contributed by atoms with Crippen molar-refractivity contribution in [1.82, 2.24) is 4.90 Å². The molecule has 0 radical (unpaired) electrons. The molecule has 3 nitrogen and oxygen atoms in total. The van der Waals surface area contributed by atoms with Crippen molar-refractivity contribution in [2.45, 2.75) is 32.2 Å². The zero-order valence-electron chi connectivity index (χ0n) is 11.1. The molecule has 18 heavy (non-hydrogen) atoms. The van der Waals surface area contributed by atoms with Crippen LogP contribution in [0.4, 0.5) is 0 Å². The summed E-state index contributed by atoms with van der Waals surface area (Å²) in [6, 6.07) is 7.96. The largest absolute Gasteiger partial charge is 0.394 e. The predicted octanol–water partition coefficient (Wildman–Crippen LogP) is 2.61. The third kappa shape index (κ3) is 4.10. The summed E-state index contributed by atoms with van der Waals surface area (Å²) in [6.07, 6.45) is 1.17. The first kappa shape index (κ1) is 15.2. The topological polar surface area (TPSA) is 40.5 Å². The van der Waals surface area contributed by atoms with Gasteiger partial charge in [0.05, 0.1) is 12.1 Å². The predicted molar refractivity (Wildman–Crippen MR) is 76.4 cm³/mol. The van der Waals surface area contributed by atoms with Crippen molar-refractivity contribution in [1.29, 1.82) is 0 Å². The summed E-state index contributed by atoms with van der Waals surface area (Å²) in [5.74, 6) is 0.0500. The van der Waals surface area contributed by atoms with Gasteiger partial charge >= 0.3 is 0 Å². The molecule has 100 valence electrons. The second-order valence-electron chi connectivity index (χ2n) is 5.05. The molecule has 1 rings (SSSR count). The van der Waals surface area contributed by atoms with E-state index in [4.69, 9.17) is 0 Å². The molecule has 0 aliphatic rings. The molecule has 0 unspecified atom stereocenters. The van der Waals surface area contributed by atoms with E-state index < -0.39 is 5.54 Å². The summed E-state index contributed by atoms with van der Waals surface area (Å²) in [4.78, 5) is 13.6. The minimum atomic E-state index is -0.506. The Balaban J connectivity index is 2.56. The number of likely N-dealkylation sites (N-methyl/N-ethyl adjacent to an activating group) is 1. The highest BCUT2D eigenvalue weighted by atomic mass is 79.9. The van der Waals surface area contributed by atoms with Gasteiger partial charge in [-0.05, 0) is 38.0 Å². The number of amides is 1. The van der Waals surface area contributed by atoms with Crippen molar-refractivity contribution < 1.29 is 9.90 Å². The summed E-state index contributed by atoms with van der Waals surface area (Å²) >= 11 is 3.41. The summed E-state index contributed by atoms with van der Waals surface area (Å²) in [5.41, 5.74) is 0.627. The third-order valence-corrected chi connectivity index (χ3v) is 3.68. The van der Waals surface area contributed by atoms with E-state index in [-0.39, 0.29) is 12.5 Å². The number of aliphatic hydroxyl groups excluding tert-OH is 1. The molecular weight excluding hydrogens is 294 g/mol. The highest BCUT2D eigenvalue weighted by molar-refractivity contribution is 9.10. The van der Waals surface area contributed by atoms with Crippen LogP contribution in [0.15, 0.2) is 28.7 Å². The van der Waals surface area contributed by atoms with Crippen molar-refractivity contribution in [3.05, 3.63) is 34.3 Å². The first-order valence-electron chi connectivity index (χ1n) is 5.99. The number of aliphatic hydroxyl groups is 1.